The maximum absolute atomic E-state index is 11.2. The van der Waals surface area contributed by atoms with E-state index < -0.39 is 17.5 Å². The lowest BCUT2D eigenvalue weighted by Crippen LogP contribution is -2.51. The molecule has 0 aliphatic carbocycles. The third-order valence-corrected chi connectivity index (χ3v) is 2.36. The normalized spacial score (nSPS) is 11.9. The van der Waals surface area contributed by atoms with Crippen LogP contribution in [0.3, 0.4) is 0 Å². The first-order chi connectivity index (χ1) is 6.25. The molecule has 0 spiro atoms. The average molecular weight is 202 g/mol. The van der Waals surface area contributed by atoms with Crippen LogP contribution in [0.2, 0.25) is 0 Å². The maximum Gasteiger partial charge on any atom is 0.348 e. The Balaban J connectivity index is 5.16. The average Bonchev–Trinajstić information content (AvgIpc) is 1.97. The topological polar surface area (TPSA) is 63.6 Å². The van der Waals surface area contributed by atoms with E-state index in [0.29, 0.717) is 0 Å². The molecule has 0 amide bonds. The predicted molar refractivity (Wildman–Crippen MR) is 51.8 cm³/mol. The molecule has 0 fully saturated rings. The first-order valence-corrected chi connectivity index (χ1v) is 4.68. The molecule has 0 saturated carbocycles. The van der Waals surface area contributed by atoms with Gasteiger partial charge >= 0.3 is 11.9 Å². The Kier molecular flexibility index (Phi) is 4.10. The predicted octanol–water partition coefficient (Wildman–Crippen LogP) is 1.68. The van der Waals surface area contributed by atoms with Crippen LogP contribution in [-0.4, -0.2) is 22.6 Å². The standard InChI is InChI=1S/C10H18O4/c1-6(2)10(7(3)4,9(12)13)14-8(5)11/h6-7H,1-5H3,(H,12,13). The van der Waals surface area contributed by atoms with Crippen molar-refractivity contribution in [2.45, 2.75) is 40.2 Å². The fourth-order valence-corrected chi connectivity index (χ4v) is 1.68. The van der Waals surface area contributed by atoms with Crippen molar-refractivity contribution in [3.63, 3.8) is 0 Å². The molecule has 82 valence electrons. The van der Waals surface area contributed by atoms with Crippen LogP contribution in [0, 0.1) is 11.8 Å². The second kappa shape index (κ2) is 4.44. The highest BCUT2D eigenvalue weighted by molar-refractivity contribution is 5.82. The molecule has 0 rings (SSSR count). The molecule has 4 nitrogen and oxygen atoms in total. The van der Waals surface area contributed by atoms with Gasteiger partial charge in [0.1, 0.15) is 0 Å². The van der Waals surface area contributed by atoms with Gasteiger partial charge in [-0.25, -0.2) is 4.79 Å². The quantitative estimate of drug-likeness (QED) is 0.704. The molecule has 0 saturated heterocycles. The highest BCUT2D eigenvalue weighted by Gasteiger charge is 2.48. The molecule has 0 aliphatic heterocycles. The zero-order chi connectivity index (χ0) is 11.5. The Morgan fingerprint density at radius 2 is 1.50 bits per heavy atom. The molecule has 0 unspecified atom stereocenters. The van der Waals surface area contributed by atoms with E-state index in [2.05, 4.69) is 0 Å². The van der Waals surface area contributed by atoms with Crippen LogP contribution in [0.5, 0.6) is 0 Å². The molecule has 0 bridgehead atoms. The van der Waals surface area contributed by atoms with Crippen molar-refractivity contribution in [3.05, 3.63) is 0 Å². The number of hydrogen-bond donors (Lipinski definition) is 1. The van der Waals surface area contributed by atoms with E-state index in [0.717, 1.165) is 0 Å². The van der Waals surface area contributed by atoms with Crippen LogP contribution in [0.15, 0.2) is 0 Å². The Hall–Kier alpha value is -1.06. The van der Waals surface area contributed by atoms with E-state index in [-0.39, 0.29) is 11.8 Å². The zero-order valence-electron chi connectivity index (χ0n) is 9.33. The second-order valence-corrected chi connectivity index (χ2v) is 4.00. The van der Waals surface area contributed by atoms with Crippen molar-refractivity contribution >= 4 is 11.9 Å². The molecule has 14 heavy (non-hydrogen) atoms. The van der Waals surface area contributed by atoms with Crippen LogP contribution in [0.25, 0.3) is 0 Å². The molecule has 0 atom stereocenters. The summed E-state index contributed by atoms with van der Waals surface area (Å²) in [7, 11) is 0. The Labute approximate surface area is 84.3 Å². The molecule has 0 radical (unpaired) electrons. The van der Waals surface area contributed by atoms with Gasteiger partial charge in [0.05, 0.1) is 0 Å². The largest absolute Gasteiger partial charge is 0.478 e. The second-order valence-electron chi connectivity index (χ2n) is 4.00. The molecular weight excluding hydrogens is 184 g/mol. The Morgan fingerprint density at radius 1 is 1.14 bits per heavy atom. The highest BCUT2D eigenvalue weighted by atomic mass is 16.6. The minimum atomic E-state index is -1.41. The molecule has 0 aromatic rings. The van der Waals surface area contributed by atoms with Gasteiger partial charge in [0.25, 0.3) is 0 Å². The fraction of sp³-hybridized carbons (Fsp3) is 0.800. The minimum absolute atomic E-state index is 0.260. The third-order valence-electron chi connectivity index (χ3n) is 2.36. The molecule has 0 aromatic heterocycles. The third kappa shape index (κ3) is 2.25. The van der Waals surface area contributed by atoms with E-state index in [1.165, 1.54) is 6.92 Å². The number of aliphatic carboxylic acids is 1. The lowest BCUT2D eigenvalue weighted by Gasteiger charge is -2.35. The molecule has 0 aliphatic rings. The lowest BCUT2D eigenvalue weighted by atomic mass is 9.80. The van der Waals surface area contributed by atoms with Crippen LogP contribution in [0.4, 0.5) is 0 Å². The number of esters is 1. The first-order valence-electron chi connectivity index (χ1n) is 4.68. The van der Waals surface area contributed by atoms with E-state index in [4.69, 9.17) is 9.84 Å². The van der Waals surface area contributed by atoms with Crippen LogP contribution < -0.4 is 0 Å². The SMILES string of the molecule is CC(=O)OC(C(=O)O)(C(C)C)C(C)C. The van der Waals surface area contributed by atoms with E-state index in [1.54, 1.807) is 27.7 Å². The number of carboxylic acid groups (broad SMARTS) is 1. The summed E-state index contributed by atoms with van der Waals surface area (Å²) in [5, 5.41) is 9.14. The summed E-state index contributed by atoms with van der Waals surface area (Å²) in [6, 6.07) is 0. The summed E-state index contributed by atoms with van der Waals surface area (Å²) in [5.74, 6) is -2.17. The van der Waals surface area contributed by atoms with Crippen molar-refractivity contribution in [3.8, 4) is 0 Å². The van der Waals surface area contributed by atoms with Gasteiger partial charge in [-0.3, -0.25) is 4.79 Å². The number of ether oxygens (including phenoxy) is 1. The van der Waals surface area contributed by atoms with E-state index in [1.807, 2.05) is 0 Å². The lowest BCUT2D eigenvalue weighted by molar-refractivity contribution is -0.190. The van der Waals surface area contributed by atoms with Gasteiger partial charge in [0.15, 0.2) is 0 Å². The van der Waals surface area contributed by atoms with E-state index in [9.17, 15) is 9.59 Å². The van der Waals surface area contributed by atoms with Gasteiger partial charge in [-0.2, -0.15) is 0 Å². The molecule has 0 heterocycles. The number of hydrogen-bond acceptors (Lipinski definition) is 3. The smallest absolute Gasteiger partial charge is 0.348 e. The molecule has 4 heteroatoms. The summed E-state index contributed by atoms with van der Waals surface area (Å²) in [4.78, 5) is 22.0. The summed E-state index contributed by atoms with van der Waals surface area (Å²) < 4.78 is 4.98. The summed E-state index contributed by atoms with van der Waals surface area (Å²) >= 11 is 0. The molecule has 1 N–H and O–H groups in total. The van der Waals surface area contributed by atoms with Crippen LogP contribution in [0.1, 0.15) is 34.6 Å². The van der Waals surface area contributed by atoms with E-state index >= 15 is 0 Å². The fourth-order valence-electron chi connectivity index (χ4n) is 1.68. The summed E-state index contributed by atoms with van der Waals surface area (Å²) in [6.07, 6.45) is 0. The van der Waals surface area contributed by atoms with Crippen LogP contribution >= 0.6 is 0 Å². The van der Waals surface area contributed by atoms with Crippen molar-refractivity contribution in [2.75, 3.05) is 0 Å². The zero-order valence-corrected chi connectivity index (χ0v) is 9.33. The monoisotopic (exact) mass is 202 g/mol. The summed E-state index contributed by atoms with van der Waals surface area (Å²) in [6.45, 7) is 8.16. The summed E-state index contributed by atoms with van der Waals surface area (Å²) in [5.41, 5.74) is -1.41. The van der Waals surface area contributed by atoms with Gasteiger partial charge in [0.2, 0.25) is 5.60 Å². The number of rotatable bonds is 4. The maximum atomic E-state index is 11.2. The number of carboxylic acids is 1. The number of carbonyl (C=O) groups is 2. The van der Waals surface area contributed by atoms with Crippen molar-refractivity contribution in [1.29, 1.82) is 0 Å². The minimum Gasteiger partial charge on any atom is -0.478 e. The number of carbonyl (C=O) groups excluding carboxylic acids is 1. The van der Waals surface area contributed by atoms with Crippen molar-refractivity contribution in [2.24, 2.45) is 11.8 Å². The highest BCUT2D eigenvalue weighted by Crippen LogP contribution is 2.31. The van der Waals surface area contributed by atoms with Gasteiger partial charge in [-0.1, -0.05) is 27.7 Å². The van der Waals surface area contributed by atoms with Crippen LogP contribution in [-0.2, 0) is 14.3 Å². The van der Waals surface area contributed by atoms with Gasteiger partial charge in [0, 0.05) is 18.8 Å². The van der Waals surface area contributed by atoms with Gasteiger partial charge < -0.3 is 9.84 Å². The Bertz CT molecular complexity index is 222. The van der Waals surface area contributed by atoms with Crippen molar-refractivity contribution in [1.82, 2.24) is 0 Å². The first kappa shape index (κ1) is 12.9. The van der Waals surface area contributed by atoms with Gasteiger partial charge in [-0.05, 0) is 0 Å². The molecular formula is C10H18O4. The van der Waals surface area contributed by atoms with Crippen molar-refractivity contribution < 1.29 is 19.4 Å². The van der Waals surface area contributed by atoms with Gasteiger partial charge in [-0.15, -0.1) is 0 Å². The molecule has 0 aromatic carbocycles. The Morgan fingerprint density at radius 3 is 1.57 bits per heavy atom.